The number of halogens is 1. The SMILES string of the molecule is CC1=NS(=O)(=O)c2cc(C(=O)Nc3ccccc3F)ccc2N1CC(C)C. The molecule has 1 N–H and O–H groups in total. The largest absolute Gasteiger partial charge is 0.328 e. The smallest absolute Gasteiger partial charge is 0.286 e. The Morgan fingerprint density at radius 1 is 1.22 bits per heavy atom. The van der Waals surface area contributed by atoms with Gasteiger partial charge in [0.25, 0.3) is 15.9 Å². The summed E-state index contributed by atoms with van der Waals surface area (Å²) in [7, 11) is -3.90. The molecule has 3 rings (SSSR count). The van der Waals surface area contributed by atoms with E-state index < -0.39 is 21.7 Å². The number of carbonyl (C=O) groups is 1. The number of hydrogen-bond donors (Lipinski definition) is 1. The second-order valence-electron chi connectivity index (χ2n) is 6.73. The minimum absolute atomic E-state index is 0.0263. The van der Waals surface area contributed by atoms with Crippen LogP contribution >= 0.6 is 0 Å². The topological polar surface area (TPSA) is 78.8 Å². The van der Waals surface area contributed by atoms with Crippen LogP contribution in [0.1, 0.15) is 31.1 Å². The second-order valence-corrected chi connectivity index (χ2v) is 8.31. The molecule has 1 heterocycles. The maximum atomic E-state index is 13.7. The van der Waals surface area contributed by atoms with Gasteiger partial charge in [0.15, 0.2) is 0 Å². The Morgan fingerprint density at radius 3 is 2.59 bits per heavy atom. The molecule has 0 aromatic heterocycles. The third-order valence-corrected chi connectivity index (χ3v) is 5.49. The highest BCUT2D eigenvalue weighted by Crippen LogP contribution is 2.33. The maximum absolute atomic E-state index is 13.7. The standard InChI is InChI=1S/C19H20FN3O3S/c1-12(2)11-23-13(3)22-27(25,26)18-10-14(8-9-17(18)23)19(24)21-16-7-5-4-6-15(16)20/h4-10,12H,11H2,1-3H3,(H,21,24). The van der Waals surface area contributed by atoms with Gasteiger partial charge in [-0.2, -0.15) is 8.42 Å². The fraction of sp³-hybridized carbons (Fsp3) is 0.263. The lowest BCUT2D eigenvalue weighted by Gasteiger charge is -2.30. The van der Waals surface area contributed by atoms with Crippen molar-refractivity contribution in [1.29, 1.82) is 0 Å². The Morgan fingerprint density at radius 2 is 1.93 bits per heavy atom. The summed E-state index contributed by atoms with van der Waals surface area (Å²) in [5, 5.41) is 2.45. The number of benzene rings is 2. The summed E-state index contributed by atoms with van der Waals surface area (Å²) in [5.41, 5.74) is 0.622. The third-order valence-electron chi connectivity index (χ3n) is 4.10. The van der Waals surface area contributed by atoms with Gasteiger partial charge in [0.1, 0.15) is 16.5 Å². The zero-order valence-electron chi connectivity index (χ0n) is 15.2. The van der Waals surface area contributed by atoms with Crippen LogP contribution in [-0.2, 0) is 10.0 Å². The van der Waals surface area contributed by atoms with E-state index in [-0.39, 0.29) is 22.1 Å². The molecule has 0 fully saturated rings. The molecule has 0 radical (unpaired) electrons. The molecular formula is C19H20FN3O3S. The van der Waals surface area contributed by atoms with Crippen LogP contribution in [0.3, 0.4) is 0 Å². The van der Waals surface area contributed by atoms with E-state index in [0.717, 1.165) is 0 Å². The lowest BCUT2D eigenvalue weighted by Crippen LogP contribution is -2.36. The van der Waals surface area contributed by atoms with Crippen LogP contribution in [0.5, 0.6) is 0 Å². The van der Waals surface area contributed by atoms with E-state index in [1.54, 1.807) is 19.1 Å². The summed E-state index contributed by atoms with van der Waals surface area (Å²) in [6, 6.07) is 10.2. The first kappa shape index (κ1) is 19.0. The van der Waals surface area contributed by atoms with E-state index >= 15 is 0 Å². The van der Waals surface area contributed by atoms with Crippen molar-refractivity contribution >= 4 is 33.1 Å². The molecule has 0 unspecified atom stereocenters. The molecule has 0 spiro atoms. The van der Waals surface area contributed by atoms with Gasteiger partial charge in [-0.25, -0.2) is 4.39 Å². The highest BCUT2D eigenvalue weighted by molar-refractivity contribution is 7.90. The monoisotopic (exact) mass is 389 g/mol. The number of nitrogens with one attached hydrogen (secondary N) is 1. The number of amidine groups is 1. The molecule has 0 bridgehead atoms. The van der Waals surface area contributed by atoms with Crippen LogP contribution in [-0.4, -0.2) is 26.7 Å². The van der Waals surface area contributed by atoms with Gasteiger partial charge in [-0.3, -0.25) is 4.79 Å². The van der Waals surface area contributed by atoms with Crippen LogP contribution in [0.25, 0.3) is 0 Å². The van der Waals surface area contributed by atoms with Crippen molar-refractivity contribution in [2.75, 3.05) is 16.8 Å². The van der Waals surface area contributed by atoms with Crippen LogP contribution in [0.4, 0.5) is 15.8 Å². The van der Waals surface area contributed by atoms with Crippen LogP contribution < -0.4 is 10.2 Å². The van der Waals surface area contributed by atoms with Gasteiger partial charge >= 0.3 is 0 Å². The van der Waals surface area contributed by atoms with Gasteiger partial charge in [0.2, 0.25) is 0 Å². The number of sulfonamides is 1. The van der Waals surface area contributed by atoms with Gasteiger partial charge in [0.05, 0.1) is 11.4 Å². The number of carbonyl (C=O) groups excluding carboxylic acids is 1. The predicted octanol–water partition coefficient (Wildman–Crippen LogP) is 3.66. The number of anilines is 2. The molecule has 142 valence electrons. The summed E-state index contributed by atoms with van der Waals surface area (Å²) < 4.78 is 42.5. The van der Waals surface area contributed by atoms with Crippen molar-refractivity contribution < 1.29 is 17.6 Å². The molecular weight excluding hydrogens is 369 g/mol. The van der Waals surface area contributed by atoms with Crippen molar-refractivity contribution in [3.63, 3.8) is 0 Å². The second kappa shape index (κ2) is 7.11. The molecule has 6 nitrogen and oxygen atoms in total. The highest BCUT2D eigenvalue weighted by atomic mass is 32.2. The highest BCUT2D eigenvalue weighted by Gasteiger charge is 2.30. The molecule has 0 saturated carbocycles. The predicted molar refractivity (Wildman–Crippen MR) is 103 cm³/mol. The lowest BCUT2D eigenvalue weighted by atomic mass is 10.1. The summed E-state index contributed by atoms with van der Waals surface area (Å²) in [6.45, 7) is 6.28. The van der Waals surface area contributed by atoms with Crippen LogP contribution in [0.2, 0.25) is 0 Å². The average Bonchev–Trinajstić information content (AvgIpc) is 2.59. The number of amides is 1. The molecule has 2 aromatic rings. The molecule has 0 atom stereocenters. The van der Waals surface area contributed by atoms with E-state index in [2.05, 4.69) is 9.71 Å². The molecule has 1 aliphatic heterocycles. The zero-order chi connectivity index (χ0) is 19.8. The van der Waals surface area contributed by atoms with E-state index in [1.807, 2.05) is 18.7 Å². The molecule has 1 aliphatic rings. The number of nitrogens with zero attached hydrogens (tertiary/aromatic N) is 2. The van der Waals surface area contributed by atoms with Crippen molar-refractivity contribution in [3.05, 3.63) is 53.8 Å². The fourth-order valence-electron chi connectivity index (χ4n) is 2.88. The first-order valence-corrected chi connectivity index (χ1v) is 9.92. The Hall–Kier alpha value is -2.74. The van der Waals surface area contributed by atoms with E-state index in [4.69, 9.17) is 0 Å². The molecule has 0 saturated heterocycles. The molecule has 1 amide bonds. The van der Waals surface area contributed by atoms with E-state index in [0.29, 0.717) is 18.1 Å². The maximum Gasteiger partial charge on any atom is 0.286 e. The lowest BCUT2D eigenvalue weighted by molar-refractivity contribution is 0.102. The zero-order valence-corrected chi connectivity index (χ0v) is 16.0. The van der Waals surface area contributed by atoms with Crippen molar-refractivity contribution in [1.82, 2.24) is 0 Å². The first-order chi connectivity index (χ1) is 12.7. The number of fused-ring (bicyclic) bond motifs is 1. The fourth-order valence-corrected chi connectivity index (χ4v) is 4.15. The van der Waals surface area contributed by atoms with Gasteiger partial charge in [-0.1, -0.05) is 26.0 Å². The first-order valence-electron chi connectivity index (χ1n) is 8.48. The molecule has 2 aromatic carbocycles. The summed E-state index contributed by atoms with van der Waals surface area (Å²) >= 11 is 0. The summed E-state index contributed by atoms with van der Waals surface area (Å²) in [6.07, 6.45) is 0. The van der Waals surface area contributed by atoms with Gasteiger partial charge < -0.3 is 10.2 Å². The third kappa shape index (κ3) is 3.85. The minimum Gasteiger partial charge on any atom is -0.328 e. The number of hydrogen-bond acceptors (Lipinski definition) is 4. The summed E-state index contributed by atoms with van der Waals surface area (Å²) in [5.74, 6) is -0.493. The Balaban J connectivity index is 1.99. The Kier molecular flexibility index (Phi) is 5.01. The number of para-hydroxylation sites is 1. The molecule has 27 heavy (non-hydrogen) atoms. The van der Waals surface area contributed by atoms with Gasteiger partial charge in [0, 0.05) is 12.1 Å². The molecule has 0 aliphatic carbocycles. The summed E-state index contributed by atoms with van der Waals surface area (Å²) in [4.78, 5) is 14.3. The minimum atomic E-state index is -3.90. The van der Waals surface area contributed by atoms with Crippen molar-refractivity contribution in [3.8, 4) is 0 Å². The number of rotatable bonds is 4. The van der Waals surface area contributed by atoms with E-state index in [9.17, 15) is 17.6 Å². The quantitative estimate of drug-likeness (QED) is 0.866. The van der Waals surface area contributed by atoms with Crippen molar-refractivity contribution in [2.24, 2.45) is 10.3 Å². The average molecular weight is 389 g/mol. The van der Waals surface area contributed by atoms with Gasteiger partial charge in [-0.05, 0) is 43.2 Å². The van der Waals surface area contributed by atoms with Crippen LogP contribution in [0, 0.1) is 11.7 Å². The van der Waals surface area contributed by atoms with Gasteiger partial charge in [-0.15, -0.1) is 4.40 Å². The normalized spacial score (nSPS) is 15.3. The molecule has 8 heteroatoms. The Bertz CT molecular complexity index is 1030. The Labute approximate surface area is 157 Å². The van der Waals surface area contributed by atoms with Crippen molar-refractivity contribution in [2.45, 2.75) is 25.7 Å². The van der Waals surface area contributed by atoms with Crippen LogP contribution in [0.15, 0.2) is 51.8 Å². The van der Waals surface area contributed by atoms with E-state index in [1.165, 1.54) is 30.3 Å².